The van der Waals surface area contributed by atoms with E-state index in [1.54, 1.807) is 0 Å². The number of hydrogen-bond donors (Lipinski definition) is 1. The summed E-state index contributed by atoms with van der Waals surface area (Å²) in [5.74, 6) is 0. The lowest BCUT2D eigenvalue weighted by Gasteiger charge is -2.09. The van der Waals surface area contributed by atoms with Gasteiger partial charge < -0.3 is 4.98 Å². The highest BCUT2D eigenvalue weighted by atomic mass is 127. The molecular formula is C11H16INO. The third kappa shape index (κ3) is 2.19. The number of nitrogens with one attached hydrogen (secondary N) is 1. The SMILES string of the molecule is CCCc1c(CC)[nH]c(C)c(I)c1=O. The monoisotopic (exact) mass is 305 g/mol. The van der Waals surface area contributed by atoms with Crippen LogP contribution in [0, 0.1) is 10.5 Å². The van der Waals surface area contributed by atoms with Crippen molar-refractivity contribution >= 4 is 22.6 Å². The van der Waals surface area contributed by atoms with Gasteiger partial charge in [0.2, 0.25) is 0 Å². The molecule has 2 nitrogen and oxygen atoms in total. The predicted molar refractivity (Wildman–Crippen MR) is 67.9 cm³/mol. The van der Waals surface area contributed by atoms with Gasteiger partial charge in [0, 0.05) is 17.0 Å². The molecule has 0 spiro atoms. The number of halogens is 1. The number of H-pyrrole nitrogens is 1. The van der Waals surface area contributed by atoms with E-state index < -0.39 is 0 Å². The molecule has 0 saturated carbocycles. The van der Waals surface area contributed by atoms with E-state index in [4.69, 9.17) is 0 Å². The van der Waals surface area contributed by atoms with Crippen LogP contribution in [0.3, 0.4) is 0 Å². The Hall–Kier alpha value is -0.320. The molecule has 0 aliphatic rings. The molecule has 0 aliphatic heterocycles. The van der Waals surface area contributed by atoms with Crippen molar-refractivity contribution in [3.63, 3.8) is 0 Å². The first kappa shape index (κ1) is 11.8. The van der Waals surface area contributed by atoms with Crippen LogP contribution in [-0.4, -0.2) is 4.98 Å². The van der Waals surface area contributed by atoms with E-state index >= 15 is 0 Å². The van der Waals surface area contributed by atoms with E-state index in [1.807, 2.05) is 6.92 Å². The molecule has 1 rings (SSSR count). The second-order valence-corrected chi connectivity index (χ2v) is 4.53. The van der Waals surface area contributed by atoms with Gasteiger partial charge in [0.1, 0.15) is 0 Å². The van der Waals surface area contributed by atoms with Gasteiger partial charge in [-0.05, 0) is 42.4 Å². The number of rotatable bonds is 3. The highest BCUT2D eigenvalue weighted by Gasteiger charge is 2.10. The molecular weight excluding hydrogens is 289 g/mol. The second kappa shape index (κ2) is 4.96. The maximum Gasteiger partial charge on any atom is 0.198 e. The zero-order chi connectivity index (χ0) is 10.7. The topological polar surface area (TPSA) is 32.9 Å². The van der Waals surface area contributed by atoms with Crippen LogP contribution in [0.25, 0.3) is 0 Å². The summed E-state index contributed by atoms with van der Waals surface area (Å²) in [5, 5.41) is 0. The lowest BCUT2D eigenvalue weighted by atomic mass is 10.1. The Morgan fingerprint density at radius 2 is 2.00 bits per heavy atom. The van der Waals surface area contributed by atoms with Crippen molar-refractivity contribution in [2.75, 3.05) is 0 Å². The summed E-state index contributed by atoms with van der Waals surface area (Å²) in [4.78, 5) is 15.2. The Morgan fingerprint density at radius 1 is 1.36 bits per heavy atom. The number of pyridine rings is 1. The van der Waals surface area contributed by atoms with Gasteiger partial charge in [0.15, 0.2) is 5.43 Å². The number of hydrogen-bond acceptors (Lipinski definition) is 1. The van der Waals surface area contributed by atoms with Crippen LogP contribution in [0.15, 0.2) is 4.79 Å². The van der Waals surface area contributed by atoms with E-state index in [1.165, 1.54) is 0 Å². The van der Waals surface area contributed by atoms with E-state index in [0.717, 1.165) is 39.8 Å². The molecule has 0 aromatic carbocycles. The summed E-state index contributed by atoms with van der Waals surface area (Å²) in [5.41, 5.74) is 3.30. The zero-order valence-electron chi connectivity index (χ0n) is 8.91. The van der Waals surface area contributed by atoms with Crippen molar-refractivity contribution < 1.29 is 0 Å². The average Bonchev–Trinajstić information content (AvgIpc) is 2.19. The molecule has 0 atom stereocenters. The van der Waals surface area contributed by atoms with Crippen molar-refractivity contribution in [3.8, 4) is 0 Å². The fourth-order valence-electron chi connectivity index (χ4n) is 1.61. The van der Waals surface area contributed by atoms with Gasteiger partial charge in [0.05, 0.1) is 3.57 Å². The van der Waals surface area contributed by atoms with Crippen molar-refractivity contribution in [2.45, 2.75) is 40.0 Å². The summed E-state index contributed by atoms with van der Waals surface area (Å²) < 4.78 is 0.836. The predicted octanol–water partition coefficient (Wildman–Crippen LogP) is 2.80. The molecule has 0 amide bonds. The van der Waals surface area contributed by atoms with Crippen molar-refractivity contribution in [1.82, 2.24) is 4.98 Å². The van der Waals surface area contributed by atoms with Gasteiger partial charge in [-0.2, -0.15) is 0 Å². The van der Waals surface area contributed by atoms with Gasteiger partial charge in [-0.1, -0.05) is 20.3 Å². The minimum Gasteiger partial charge on any atom is -0.361 e. The molecule has 1 heterocycles. The molecule has 3 heteroatoms. The Kier molecular flexibility index (Phi) is 4.16. The number of aromatic nitrogens is 1. The maximum absolute atomic E-state index is 11.9. The quantitative estimate of drug-likeness (QED) is 0.856. The van der Waals surface area contributed by atoms with Crippen molar-refractivity contribution in [3.05, 3.63) is 30.7 Å². The average molecular weight is 305 g/mol. The van der Waals surface area contributed by atoms with Crippen molar-refractivity contribution in [1.29, 1.82) is 0 Å². The molecule has 78 valence electrons. The Balaban J connectivity index is 3.37. The van der Waals surface area contributed by atoms with Gasteiger partial charge >= 0.3 is 0 Å². The van der Waals surface area contributed by atoms with E-state index in [2.05, 4.69) is 41.4 Å². The molecule has 0 bridgehead atoms. The summed E-state index contributed by atoms with van der Waals surface area (Å²) in [7, 11) is 0. The Morgan fingerprint density at radius 3 is 2.50 bits per heavy atom. The summed E-state index contributed by atoms with van der Waals surface area (Å²) in [6.45, 7) is 6.14. The third-order valence-electron chi connectivity index (χ3n) is 2.36. The van der Waals surface area contributed by atoms with E-state index in [9.17, 15) is 4.79 Å². The minimum atomic E-state index is 0.223. The largest absolute Gasteiger partial charge is 0.361 e. The first-order valence-corrected chi connectivity index (χ1v) is 6.09. The summed E-state index contributed by atoms with van der Waals surface area (Å²) in [6.07, 6.45) is 2.81. The lowest BCUT2D eigenvalue weighted by Crippen LogP contribution is -2.18. The van der Waals surface area contributed by atoms with Gasteiger partial charge in [-0.25, -0.2) is 0 Å². The smallest absolute Gasteiger partial charge is 0.198 e. The third-order valence-corrected chi connectivity index (χ3v) is 3.66. The molecule has 0 unspecified atom stereocenters. The zero-order valence-corrected chi connectivity index (χ0v) is 11.1. The van der Waals surface area contributed by atoms with Crippen molar-refractivity contribution in [2.24, 2.45) is 0 Å². The fraction of sp³-hybridized carbons (Fsp3) is 0.545. The van der Waals surface area contributed by atoms with Crippen LogP contribution in [0.5, 0.6) is 0 Å². The molecule has 0 radical (unpaired) electrons. The Labute approximate surface area is 98.3 Å². The first-order chi connectivity index (χ1) is 6.61. The van der Waals surface area contributed by atoms with Crippen LogP contribution in [-0.2, 0) is 12.8 Å². The minimum absolute atomic E-state index is 0.223. The van der Waals surface area contributed by atoms with E-state index in [-0.39, 0.29) is 5.43 Å². The second-order valence-electron chi connectivity index (χ2n) is 3.45. The Bertz CT molecular complexity index is 382. The lowest BCUT2D eigenvalue weighted by molar-refractivity contribution is 0.854. The maximum atomic E-state index is 11.9. The summed E-state index contributed by atoms with van der Waals surface area (Å²) >= 11 is 2.12. The van der Waals surface area contributed by atoms with Gasteiger partial charge in [-0.3, -0.25) is 4.79 Å². The first-order valence-electron chi connectivity index (χ1n) is 5.01. The van der Waals surface area contributed by atoms with Crippen LogP contribution >= 0.6 is 22.6 Å². The molecule has 0 aliphatic carbocycles. The molecule has 0 saturated heterocycles. The fourth-order valence-corrected chi connectivity index (χ4v) is 2.07. The standard InChI is InChI=1S/C11H16INO/c1-4-6-8-9(5-2)13-7(3)10(12)11(8)14/h4-6H2,1-3H3,(H,13,14). The molecule has 1 aromatic heterocycles. The normalized spacial score (nSPS) is 10.6. The van der Waals surface area contributed by atoms with E-state index in [0.29, 0.717) is 0 Å². The number of aryl methyl sites for hydroxylation is 2. The highest BCUT2D eigenvalue weighted by Crippen LogP contribution is 2.11. The number of aromatic amines is 1. The highest BCUT2D eigenvalue weighted by molar-refractivity contribution is 14.1. The van der Waals surface area contributed by atoms with Crippen LogP contribution in [0.1, 0.15) is 37.2 Å². The van der Waals surface area contributed by atoms with Gasteiger partial charge in [0.25, 0.3) is 0 Å². The molecule has 14 heavy (non-hydrogen) atoms. The summed E-state index contributed by atoms with van der Waals surface area (Å²) in [6, 6.07) is 0. The van der Waals surface area contributed by atoms with Crippen LogP contribution in [0.2, 0.25) is 0 Å². The van der Waals surface area contributed by atoms with Crippen LogP contribution < -0.4 is 5.43 Å². The van der Waals surface area contributed by atoms with Crippen LogP contribution in [0.4, 0.5) is 0 Å². The molecule has 1 N–H and O–H groups in total. The van der Waals surface area contributed by atoms with Gasteiger partial charge in [-0.15, -0.1) is 0 Å². The molecule has 1 aromatic rings. The molecule has 0 fully saturated rings.